The third-order valence-corrected chi connectivity index (χ3v) is 6.81. The van der Waals surface area contributed by atoms with Crippen LogP contribution >= 0.6 is 0 Å². The highest BCUT2D eigenvalue weighted by atomic mass is 19.1. The van der Waals surface area contributed by atoms with Crippen molar-refractivity contribution in [1.29, 1.82) is 0 Å². The van der Waals surface area contributed by atoms with E-state index in [2.05, 4.69) is 27.0 Å². The lowest BCUT2D eigenvalue weighted by Gasteiger charge is -2.37. The summed E-state index contributed by atoms with van der Waals surface area (Å²) in [5.41, 5.74) is 0.481. The van der Waals surface area contributed by atoms with E-state index in [9.17, 15) is 18.8 Å². The van der Waals surface area contributed by atoms with Crippen LogP contribution < -0.4 is 16.6 Å². The van der Waals surface area contributed by atoms with Crippen molar-refractivity contribution in [1.82, 2.24) is 28.9 Å². The number of nitrogens with one attached hydrogen (secondary N) is 2. The highest BCUT2D eigenvalue weighted by Crippen LogP contribution is 2.17. The van der Waals surface area contributed by atoms with E-state index >= 15 is 0 Å². The number of nitrogens with zero attached hydrogens (tertiary/aromatic N) is 5. The fourth-order valence-corrected chi connectivity index (χ4v) is 4.69. The van der Waals surface area contributed by atoms with Crippen LogP contribution in [0.3, 0.4) is 0 Å². The first-order chi connectivity index (χ1) is 17.3. The largest absolute Gasteiger partial charge is 0.330 e. The number of hydrogen-bond acceptors (Lipinski definition) is 6. The third kappa shape index (κ3) is 5.41. The van der Waals surface area contributed by atoms with Crippen LogP contribution in [0.2, 0.25) is 0 Å². The molecule has 1 aromatic carbocycles. The van der Waals surface area contributed by atoms with Gasteiger partial charge >= 0.3 is 5.69 Å². The third-order valence-electron chi connectivity index (χ3n) is 6.81. The highest BCUT2D eigenvalue weighted by Gasteiger charge is 2.27. The number of halogens is 1. The van der Waals surface area contributed by atoms with Crippen LogP contribution in [0.1, 0.15) is 39.4 Å². The van der Waals surface area contributed by atoms with E-state index in [1.54, 1.807) is 16.7 Å². The van der Waals surface area contributed by atoms with E-state index in [1.165, 1.54) is 12.1 Å². The maximum atomic E-state index is 13.4. The Labute approximate surface area is 208 Å². The van der Waals surface area contributed by atoms with Gasteiger partial charge in [-0.15, -0.1) is 0 Å². The molecule has 1 amide bonds. The Morgan fingerprint density at radius 1 is 1.17 bits per heavy atom. The maximum Gasteiger partial charge on any atom is 0.330 e. The maximum absolute atomic E-state index is 13.4. The molecule has 1 atom stereocenters. The number of imidazole rings is 1. The Balaban J connectivity index is 1.44. The molecule has 3 heterocycles. The number of carbonyl (C=O) groups excluding carboxylic acids is 1. The Morgan fingerprint density at radius 3 is 2.58 bits per heavy atom. The molecular formula is C25H34FN7O3. The SMILES string of the molecule is CCCCn1c(=O)[nH]c(=O)c2c1nc(CN1CCN(C(C)C(=O)Nc3cccc(F)c3)CC1)n2CC. The van der Waals surface area contributed by atoms with Gasteiger partial charge in [-0.05, 0) is 38.5 Å². The van der Waals surface area contributed by atoms with Gasteiger partial charge in [0.1, 0.15) is 11.6 Å². The zero-order valence-corrected chi connectivity index (χ0v) is 21.1. The van der Waals surface area contributed by atoms with Crippen molar-refractivity contribution >= 4 is 22.8 Å². The molecule has 3 aromatic rings. The first kappa shape index (κ1) is 25.8. The summed E-state index contributed by atoms with van der Waals surface area (Å²) in [6.07, 6.45) is 1.75. The number of aromatic amines is 1. The van der Waals surface area contributed by atoms with Crippen molar-refractivity contribution in [3.05, 3.63) is 56.7 Å². The first-order valence-corrected chi connectivity index (χ1v) is 12.6. The molecule has 0 radical (unpaired) electrons. The van der Waals surface area contributed by atoms with Crippen molar-refractivity contribution in [2.24, 2.45) is 0 Å². The average Bonchev–Trinajstić information content (AvgIpc) is 3.22. The first-order valence-electron chi connectivity index (χ1n) is 12.6. The number of rotatable bonds is 9. The second-order valence-electron chi connectivity index (χ2n) is 9.20. The number of H-pyrrole nitrogens is 1. The van der Waals surface area contributed by atoms with Gasteiger partial charge in [0.25, 0.3) is 5.56 Å². The van der Waals surface area contributed by atoms with Crippen LogP contribution in [-0.4, -0.2) is 67.0 Å². The standard InChI is InChI=1S/C25H34FN7O3/c1-4-6-10-33-22-21(24(35)29-25(33)36)32(5-2)20(28-22)16-30-11-13-31(14-12-30)17(3)23(34)27-19-9-7-8-18(26)15-19/h7-9,15,17H,4-6,10-14,16H2,1-3H3,(H,27,34)(H,29,35,36). The second kappa shape index (κ2) is 11.2. The van der Waals surface area contributed by atoms with Gasteiger partial charge in [0.2, 0.25) is 5.91 Å². The molecule has 0 aliphatic carbocycles. The van der Waals surface area contributed by atoms with Gasteiger partial charge in [-0.25, -0.2) is 14.2 Å². The Morgan fingerprint density at radius 2 is 1.92 bits per heavy atom. The van der Waals surface area contributed by atoms with Gasteiger partial charge in [-0.2, -0.15) is 0 Å². The van der Waals surface area contributed by atoms with Crippen molar-refractivity contribution in [2.75, 3.05) is 31.5 Å². The molecule has 1 saturated heterocycles. The molecule has 1 unspecified atom stereocenters. The van der Waals surface area contributed by atoms with Gasteiger partial charge in [0.05, 0.1) is 12.6 Å². The van der Waals surface area contributed by atoms with Crippen molar-refractivity contribution in [3.8, 4) is 0 Å². The van der Waals surface area contributed by atoms with Gasteiger partial charge in [-0.1, -0.05) is 19.4 Å². The summed E-state index contributed by atoms with van der Waals surface area (Å²) in [7, 11) is 0. The minimum Gasteiger partial charge on any atom is -0.325 e. The molecule has 4 rings (SSSR count). The van der Waals surface area contributed by atoms with E-state index in [0.717, 1.165) is 31.8 Å². The van der Waals surface area contributed by atoms with E-state index in [4.69, 9.17) is 4.98 Å². The molecule has 194 valence electrons. The van der Waals surface area contributed by atoms with Crippen molar-refractivity contribution < 1.29 is 9.18 Å². The highest BCUT2D eigenvalue weighted by molar-refractivity contribution is 5.94. The van der Waals surface area contributed by atoms with Crippen LogP contribution in [0.5, 0.6) is 0 Å². The normalized spacial score (nSPS) is 15.9. The van der Waals surface area contributed by atoms with E-state index in [1.807, 2.05) is 18.4 Å². The molecule has 0 spiro atoms. The number of piperazine rings is 1. The van der Waals surface area contributed by atoms with Crippen LogP contribution in [-0.2, 0) is 24.4 Å². The number of carbonyl (C=O) groups is 1. The van der Waals surface area contributed by atoms with Crippen molar-refractivity contribution in [3.63, 3.8) is 0 Å². The van der Waals surface area contributed by atoms with Gasteiger partial charge in [-0.3, -0.25) is 28.9 Å². The molecule has 11 heteroatoms. The van der Waals surface area contributed by atoms with Gasteiger partial charge < -0.3 is 9.88 Å². The minimum absolute atomic E-state index is 0.175. The summed E-state index contributed by atoms with van der Waals surface area (Å²) in [5, 5.41) is 2.78. The lowest BCUT2D eigenvalue weighted by Crippen LogP contribution is -2.52. The fourth-order valence-electron chi connectivity index (χ4n) is 4.69. The predicted octanol–water partition coefficient (Wildman–Crippen LogP) is 1.99. The molecule has 10 nitrogen and oxygen atoms in total. The number of benzene rings is 1. The van der Waals surface area contributed by atoms with Gasteiger partial charge in [0, 0.05) is 45.0 Å². The number of anilines is 1. The molecule has 1 aliphatic heterocycles. The van der Waals surface area contributed by atoms with E-state index < -0.39 is 17.1 Å². The van der Waals surface area contributed by atoms with E-state index in [-0.39, 0.29) is 11.9 Å². The molecular weight excluding hydrogens is 465 g/mol. The Hall–Kier alpha value is -3.31. The summed E-state index contributed by atoms with van der Waals surface area (Å²) in [6, 6.07) is 5.51. The lowest BCUT2D eigenvalue weighted by atomic mass is 10.2. The topological polar surface area (TPSA) is 108 Å². The number of aromatic nitrogens is 4. The number of unbranched alkanes of at least 4 members (excludes halogenated alkanes) is 1. The molecule has 0 bridgehead atoms. The molecule has 2 aromatic heterocycles. The summed E-state index contributed by atoms with van der Waals surface area (Å²) in [4.78, 5) is 49.3. The predicted molar refractivity (Wildman–Crippen MR) is 137 cm³/mol. The number of fused-ring (bicyclic) bond motifs is 1. The minimum atomic E-state index is -0.424. The summed E-state index contributed by atoms with van der Waals surface area (Å²) in [6.45, 7) is 10.3. The van der Waals surface area contributed by atoms with Crippen LogP contribution in [0.15, 0.2) is 33.9 Å². The van der Waals surface area contributed by atoms with Gasteiger partial charge in [0.15, 0.2) is 11.2 Å². The molecule has 0 saturated carbocycles. The average molecular weight is 500 g/mol. The Bertz CT molecular complexity index is 1340. The zero-order valence-electron chi connectivity index (χ0n) is 21.1. The molecule has 36 heavy (non-hydrogen) atoms. The monoisotopic (exact) mass is 499 g/mol. The quantitative estimate of drug-likeness (QED) is 0.466. The summed E-state index contributed by atoms with van der Waals surface area (Å²) >= 11 is 0. The Kier molecular flexibility index (Phi) is 8.00. The summed E-state index contributed by atoms with van der Waals surface area (Å²) < 4.78 is 16.9. The number of amides is 1. The molecule has 1 aliphatic rings. The second-order valence-corrected chi connectivity index (χ2v) is 9.20. The fraction of sp³-hybridized carbons (Fsp3) is 0.520. The summed E-state index contributed by atoms with van der Waals surface area (Å²) in [5.74, 6) is 0.182. The zero-order chi connectivity index (χ0) is 25.8. The smallest absolute Gasteiger partial charge is 0.325 e. The molecule has 2 N–H and O–H groups in total. The van der Waals surface area contributed by atoms with Crippen LogP contribution in [0.25, 0.3) is 11.2 Å². The molecule has 1 fully saturated rings. The van der Waals surface area contributed by atoms with Crippen LogP contribution in [0, 0.1) is 5.82 Å². The van der Waals surface area contributed by atoms with E-state index in [0.29, 0.717) is 49.6 Å². The number of hydrogen-bond donors (Lipinski definition) is 2. The number of aryl methyl sites for hydroxylation is 2. The lowest BCUT2D eigenvalue weighted by molar-refractivity contribution is -0.121. The van der Waals surface area contributed by atoms with Crippen LogP contribution in [0.4, 0.5) is 10.1 Å². The van der Waals surface area contributed by atoms with Crippen molar-refractivity contribution in [2.45, 2.75) is 59.3 Å².